The number of nitrogens with two attached hydrogens (primary N) is 1. The summed E-state index contributed by atoms with van der Waals surface area (Å²) < 4.78 is 38.3. The number of non-ortho nitro benzene ring substituents is 1. The predicted molar refractivity (Wildman–Crippen MR) is 88.7 cm³/mol. The number of hydrogen-bond acceptors (Lipinski definition) is 4. The van der Waals surface area contributed by atoms with Crippen molar-refractivity contribution in [2.45, 2.75) is 18.6 Å². The highest BCUT2D eigenvalue weighted by Crippen LogP contribution is 2.29. The summed E-state index contributed by atoms with van der Waals surface area (Å²) in [5, 5.41) is 13.1. The quantitative estimate of drug-likeness (QED) is 0.591. The third kappa shape index (κ3) is 5.27. The van der Waals surface area contributed by atoms with Gasteiger partial charge < -0.3 is 11.1 Å². The van der Waals surface area contributed by atoms with Gasteiger partial charge in [-0.05, 0) is 17.7 Å². The number of alkyl halides is 3. The molecule has 10 heteroatoms. The molecule has 1 atom stereocenters. The minimum absolute atomic E-state index is 0.0838. The molecule has 0 saturated carbocycles. The molecule has 2 aromatic rings. The van der Waals surface area contributed by atoms with Crippen LogP contribution in [0, 0.1) is 10.1 Å². The molecule has 2 amide bonds. The fourth-order valence-electron chi connectivity index (χ4n) is 2.34. The van der Waals surface area contributed by atoms with Crippen molar-refractivity contribution in [2.75, 3.05) is 0 Å². The molecular weight excluding hydrogens is 367 g/mol. The molecule has 0 aliphatic rings. The van der Waals surface area contributed by atoms with E-state index in [2.05, 4.69) is 5.32 Å². The Labute approximate surface area is 151 Å². The van der Waals surface area contributed by atoms with E-state index >= 15 is 0 Å². The van der Waals surface area contributed by atoms with Gasteiger partial charge in [-0.3, -0.25) is 19.7 Å². The Morgan fingerprint density at radius 1 is 1.15 bits per heavy atom. The van der Waals surface area contributed by atoms with Gasteiger partial charge in [0.15, 0.2) is 0 Å². The minimum atomic E-state index is -4.55. The standard InChI is InChI=1S/C17H14F3N3O4/c18-17(19,20)12-5-1-3-10(7-12)8-14(15(21)24)22-16(25)11-4-2-6-13(9-11)23(26)27/h1-7,9,14H,8H2,(H2,21,24)(H,22,25)/t14-/m0/s1. The molecule has 0 aliphatic heterocycles. The van der Waals surface area contributed by atoms with E-state index in [1.807, 2.05) is 0 Å². The molecule has 0 saturated heterocycles. The Bertz CT molecular complexity index is 884. The third-order valence-corrected chi connectivity index (χ3v) is 3.66. The van der Waals surface area contributed by atoms with Crippen molar-refractivity contribution in [1.29, 1.82) is 0 Å². The second-order valence-corrected chi connectivity index (χ2v) is 5.64. The summed E-state index contributed by atoms with van der Waals surface area (Å²) in [6, 6.07) is 7.77. The smallest absolute Gasteiger partial charge is 0.368 e. The molecule has 0 unspecified atom stereocenters. The number of hydrogen-bond donors (Lipinski definition) is 2. The Morgan fingerprint density at radius 2 is 1.81 bits per heavy atom. The molecule has 142 valence electrons. The highest BCUT2D eigenvalue weighted by molar-refractivity contribution is 5.97. The summed E-state index contributed by atoms with van der Waals surface area (Å²) in [6.45, 7) is 0. The average molecular weight is 381 g/mol. The first-order chi connectivity index (χ1) is 12.6. The van der Waals surface area contributed by atoms with E-state index in [1.54, 1.807) is 0 Å². The number of primary amides is 1. The Kier molecular flexibility index (Phi) is 5.78. The van der Waals surface area contributed by atoms with Crippen molar-refractivity contribution in [3.8, 4) is 0 Å². The number of amides is 2. The van der Waals surface area contributed by atoms with E-state index in [0.29, 0.717) is 0 Å². The molecule has 0 spiro atoms. The van der Waals surface area contributed by atoms with Crippen molar-refractivity contribution in [1.82, 2.24) is 5.32 Å². The lowest BCUT2D eigenvalue weighted by atomic mass is 10.0. The lowest BCUT2D eigenvalue weighted by molar-refractivity contribution is -0.384. The lowest BCUT2D eigenvalue weighted by Gasteiger charge is -2.16. The van der Waals surface area contributed by atoms with Gasteiger partial charge in [0, 0.05) is 24.1 Å². The summed E-state index contributed by atoms with van der Waals surface area (Å²) >= 11 is 0. The van der Waals surface area contributed by atoms with Gasteiger partial charge in [0.1, 0.15) is 6.04 Å². The van der Waals surface area contributed by atoms with E-state index in [0.717, 1.165) is 18.2 Å². The maximum atomic E-state index is 12.8. The first-order valence-electron chi connectivity index (χ1n) is 7.58. The van der Waals surface area contributed by atoms with Gasteiger partial charge in [0.05, 0.1) is 10.5 Å². The zero-order chi connectivity index (χ0) is 20.2. The van der Waals surface area contributed by atoms with Crippen LogP contribution < -0.4 is 11.1 Å². The molecule has 27 heavy (non-hydrogen) atoms. The molecule has 0 bridgehead atoms. The normalized spacial score (nSPS) is 12.3. The molecular formula is C17H14F3N3O4. The van der Waals surface area contributed by atoms with Gasteiger partial charge in [-0.1, -0.05) is 24.3 Å². The maximum absolute atomic E-state index is 12.8. The van der Waals surface area contributed by atoms with Crippen LogP contribution in [0.1, 0.15) is 21.5 Å². The summed E-state index contributed by atoms with van der Waals surface area (Å²) in [5.74, 6) is -1.76. The van der Waals surface area contributed by atoms with Crippen LogP contribution >= 0.6 is 0 Å². The SMILES string of the molecule is NC(=O)[C@H](Cc1cccc(C(F)(F)F)c1)NC(=O)c1cccc([N+](=O)[O-])c1. The van der Waals surface area contributed by atoms with Crippen molar-refractivity contribution in [3.63, 3.8) is 0 Å². The molecule has 0 fully saturated rings. The highest BCUT2D eigenvalue weighted by atomic mass is 19.4. The molecule has 0 aromatic heterocycles. The Hall–Kier alpha value is -3.43. The largest absolute Gasteiger partial charge is 0.416 e. The molecule has 7 nitrogen and oxygen atoms in total. The van der Waals surface area contributed by atoms with E-state index < -0.39 is 34.5 Å². The van der Waals surface area contributed by atoms with Crippen molar-refractivity contribution in [3.05, 3.63) is 75.3 Å². The summed E-state index contributed by atoms with van der Waals surface area (Å²) in [4.78, 5) is 33.9. The number of nitrogens with one attached hydrogen (secondary N) is 1. The zero-order valence-electron chi connectivity index (χ0n) is 13.7. The van der Waals surface area contributed by atoms with Crippen molar-refractivity contribution >= 4 is 17.5 Å². The average Bonchev–Trinajstić information content (AvgIpc) is 2.60. The van der Waals surface area contributed by atoms with Crippen LogP contribution in [0.3, 0.4) is 0 Å². The highest BCUT2D eigenvalue weighted by Gasteiger charge is 2.31. The summed E-state index contributed by atoms with van der Waals surface area (Å²) in [6.07, 6.45) is -4.82. The fraction of sp³-hybridized carbons (Fsp3) is 0.176. The molecule has 0 heterocycles. The number of benzene rings is 2. The lowest BCUT2D eigenvalue weighted by Crippen LogP contribution is -2.45. The van der Waals surface area contributed by atoms with E-state index in [9.17, 15) is 32.9 Å². The van der Waals surface area contributed by atoms with E-state index in [4.69, 9.17) is 5.73 Å². The molecule has 2 aromatic carbocycles. The Morgan fingerprint density at radius 3 is 2.41 bits per heavy atom. The number of nitro benzene ring substituents is 1. The number of carbonyl (C=O) groups excluding carboxylic acids is 2. The molecule has 0 aliphatic carbocycles. The molecule has 0 radical (unpaired) electrons. The number of carbonyl (C=O) groups is 2. The first-order valence-corrected chi connectivity index (χ1v) is 7.58. The molecule has 2 rings (SSSR count). The van der Waals surface area contributed by atoms with Gasteiger partial charge in [-0.15, -0.1) is 0 Å². The van der Waals surface area contributed by atoms with Crippen LogP contribution in [-0.4, -0.2) is 22.8 Å². The predicted octanol–water partition coefficient (Wildman–Crippen LogP) is 2.44. The Balaban J connectivity index is 2.19. The van der Waals surface area contributed by atoms with Crippen LogP contribution in [0.25, 0.3) is 0 Å². The molecule has 3 N–H and O–H groups in total. The topological polar surface area (TPSA) is 115 Å². The zero-order valence-corrected chi connectivity index (χ0v) is 13.7. The van der Waals surface area contributed by atoms with Gasteiger partial charge in [-0.2, -0.15) is 13.2 Å². The number of rotatable bonds is 6. The van der Waals surface area contributed by atoms with Gasteiger partial charge in [0.2, 0.25) is 5.91 Å². The van der Waals surface area contributed by atoms with Crippen LogP contribution in [0.5, 0.6) is 0 Å². The third-order valence-electron chi connectivity index (χ3n) is 3.66. The van der Waals surface area contributed by atoms with E-state index in [1.165, 1.54) is 30.3 Å². The number of nitro groups is 1. The summed E-state index contributed by atoms with van der Waals surface area (Å²) in [7, 11) is 0. The van der Waals surface area contributed by atoms with Crippen LogP contribution in [0.2, 0.25) is 0 Å². The van der Waals surface area contributed by atoms with Crippen LogP contribution in [0.4, 0.5) is 18.9 Å². The van der Waals surface area contributed by atoms with Crippen LogP contribution in [0.15, 0.2) is 48.5 Å². The van der Waals surface area contributed by atoms with Crippen molar-refractivity contribution < 1.29 is 27.7 Å². The second-order valence-electron chi connectivity index (χ2n) is 5.64. The van der Waals surface area contributed by atoms with Gasteiger partial charge in [-0.25, -0.2) is 0 Å². The van der Waals surface area contributed by atoms with Gasteiger partial charge in [0.25, 0.3) is 11.6 Å². The minimum Gasteiger partial charge on any atom is -0.368 e. The monoisotopic (exact) mass is 381 g/mol. The van der Waals surface area contributed by atoms with Crippen molar-refractivity contribution in [2.24, 2.45) is 5.73 Å². The second kappa shape index (κ2) is 7.85. The number of nitrogens with zero attached hydrogens (tertiary/aromatic N) is 1. The van der Waals surface area contributed by atoms with Crippen LogP contribution in [-0.2, 0) is 17.4 Å². The maximum Gasteiger partial charge on any atom is 0.416 e. The van der Waals surface area contributed by atoms with E-state index in [-0.39, 0.29) is 23.2 Å². The fourth-order valence-corrected chi connectivity index (χ4v) is 2.34. The summed E-state index contributed by atoms with van der Waals surface area (Å²) in [5.41, 5.74) is 4.07. The number of halogens is 3. The first kappa shape index (κ1) is 19.9. The van der Waals surface area contributed by atoms with Gasteiger partial charge >= 0.3 is 6.18 Å².